The molecule has 4 rings (SSSR count). The number of ether oxygens (including phenoxy) is 1. The number of piperidine rings is 1. The topological polar surface area (TPSA) is 38.5 Å². The zero-order chi connectivity index (χ0) is 17.6. The Morgan fingerprint density at radius 1 is 0.885 bits per heavy atom. The number of hydrogen-bond donors (Lipinski definition) is 0. The van der Waals surface area contributed by atoms with Gasteiger partial charge in [0.15, 0.2) is 5.76 Å². The van der Waals surface area contributed by atoms with E-state index < -0.39 is 0 Å². The highest BCUT2D eigenvalue weighted by molar-refractivity contribution is 5.66. The third kappa shape index (κ3) is 4.14. The van der Waals surface area contributed by atoms with Gasteiger partial charge in [0.2, 0.25) is 0 Å². The van der Waals surface area contributed by atoms with Crippen LogP contribution in [0.5, 0.6) is 5.75 Å². The highest BCUT2D eigenvalue weighted by atomic mass is 16.5. The van der Waals surface area contributed by atoms with Crippen LogP contribution in [0.3, 0.4) is 0 Å². The van der Waals surface area contributed by atoms with Crippen molar-refractivity contribution in [1.29, 1.82) is 0 Å². The molecule has 1 aromatic heterocycles. The van der Waals surface area contributed by atoms with Crippen LogP contribution in [0.15, 0.2) is 65.2 Å². The molecule has 0 bridgehead atoms. The first-order valence-corrected chi connectivity index (χ1v) is 9.36. The van der Waals surface area contributed by atoms with E-state index >= 15 is 0 Å². The number of nitrogens with zero attached hydrogens (tertiary/aromatic N) is 2. The molecule has 4 heteroatoms. The molecule has 1 fully saturated rings. The van der Waals surface area contributed by atoms with Crippen LogP contribution in [0.1, 0.15) is 19.3 Å². The van der Waals surface area contributed by atoms with Crippen LogP contribution in [-0.4, -0.2) is 36.3 Å². The SMILES string of the molecule is c1ccc(-c2cc(-c3ccc(OCCN4CCCCC4)cc3)no2)cc1. The third-order valence-corrected chi connectivity index (χ3v) is 4.84. The van der Waals surface area contributed by atoms with Gasteiger partial charge in [-0.1, -0.05) is 41.9 Å². The highest BCUT2D eigenvalue weighted by Gasteiger charge is 2.10. The third-order valence-electron chi connectivity index (χ3n) is 4.84. The van der Waals surface area contributed by atoms with E-state index in [1.807, 2.05) is 60.7 Å². The van der Waals surface area contributed by atoms with Crippen LogP contribution in [0.2, 0.25) is 0 Å². The first-order chi connectivity index (χ1) is 12.9. The molecule has 0 radical (unpaired) electrons. The van der Waals surface area contributed by atoms with Crippen LogP contribution in [0.25, 0.3) is 22.6 Å². The molecule has 26 heavy (non-hydrogen) atoms. The fraction of sp³-hybridized carbons (Fsp3) is 0.318. The minimum atomic E-state index is 0.738. The molecule has 0 aliphatic carbocycles. The second-order valence-electron chi connectivity index (χ2n) is 6.72. The van der Waals surface area contributed by atoms with E-state index in [0.29, 0.717) is 0 Å². The van der Waals surface area contributed by atoms with Crippen molar-refractivity contribution in [3.63, 3.8) is 0 Å². The lowest BCUT2D eigenvalue weighted by atomic mass is 10.1. The number of aromatic nitrogens is 1. The lowest BCUT2D eigenvalue weighted by molar-refractivity contribution is 0.183. The monoisotopic (exact) mass is 348 g/mol. The van der Waals surface area contributed by atoms with Gasteiger partial charge in [-0.25, -0.2) is 0 Å². The van der Waals surface area contributed by atoms with Crippen LogP contribution >= 0.6 is 0 Å². The Balaban J connectivity index is 1.35. The minimum Gasteiger partial charge on any atom is -0.492 e. The van der Waals surface area contributed by atoms with E-state index in [2.05, 4.69) is 10.1 Å². The van der Waals surface area contributed by atoms with Crippen LogP contribution < -0.4 is 4.74 Å². The average molecular weight is 348 g/mol. The molecule has 0 N–H and O–H groups in total. The van der Waals surface area contributed by atoms with Gasteiger partial charge >= 0.3 is 0 Å². The van der Waals surface area contributed by atoms with Crippen molar-refractivity contribution in [3.8, 4) is 28.3 Å². The van der Waals surface area contributed by atoms with Crippen LogP contribution in [0.4, 0.5) is 0 Å². The second kappa shape index (κ2) is 8.19. The number of rotatable bonds is 6. The molecule has 1 aliphatic heterocycles. The Morgan fingerprint density at radius 2 is 1.65 bits per heavy atom. The number of hydrogen-bond acceptors (Lipinski definition) is 4. The van der Waals surface area contributed by atoms with Gasteiger partial charge in [0.25, 0.3) is 0 Å². The molecule has 0 spiro atoms. The predicted molar refractivity (Wildman–Crippen MR) is 103 cm³/mol. The summed E-state index contributed by atoms with van der Waals surface area (Å²) in [5.74, 6) is 1.68. The molecular weight excluding hydrogens is 324 g/mol. The van der Waals surface area contributed by atoms with Gasteiger partial charge in [0.05, 0.1) is 0 Å². The van der Waals surface area contributed by atoms with Crippen molar-refractivity contribution in [3.05, 3.63) is 60.7 Å². The molecule has 1 saturated heterocycles. The molecule has 0 amide bonds. The molecule has 0 saturated carbocycles. The standard InChI is InChI=1S/C22H24N2O2/c1-3-7-19(8-4-1)22-17-21(23-26-22)18-9-11-20(12-10-18)25-16-15-24-13-5-2-6-14-24/h1,3-4,7-12,17H,2,5-6,13-16H2. The molecule has 0 unspecified atom stereocenters. The first kappa shape index (κ1) is 16.9. The Kier molecular flexibility index (Phi) is 5.31. The second-order valence-corrected chi connectivity index (χ2v) is 6.72. The van der Waals surface area contributed by atoms with E-state index in [1.54, 1.807) is 0 Å². The van der Waals surface area contributed by atoms with E-state index in [4.69, 9.17) is 9.26 Å². The van der Waals surface area contributed by atoms with Crippen molar-refractivity contribution in [2.75, 3.05) is 26.2 Å². The predicted octanol–water partition coefficient (Wildman–Crippen LogP) is 4.87. The zero-order valence-corrected chi connectivity index (χ0v) is 14.9. The lowest BCUT2D eigenvalue weighted by Gasteiger charge is -2.26. The molecule has 134 valence electrons. The van der Waals surface area contributed by atoms with Gasteiger partial charge in [0.1, 0.15) is 18.1 Å². The summed E-state index contributed by atoms with van der Waals surface area (Å²) in [5, 5.41) is 4.19. The van der Waals surface area contributed by atoms with Crippen LogP contribution in [-0.2, 0) is 0 Å². The largest absolute Gasteiger partial charge is 0.492 e. The highest BCUT2D eigenvalue weighted by Crippen LogP contribution is 2.27. The average Bonchev–Trinajstić information content (AvgIpc) is 3.20. The van der Waals surface area contributed by atoms with Crippen molar-refractivity contribution in [2.24, 2.45) is 0 Å². The smallest absolute Gasteiger partial charge is 0.167 e. The number of benzene rings is 2. The van der Waals surface area contributed by atoms with Gasteiger partial charge in [0, 0.05) is 23.7 Å². The fourth-order valence-corrected chi connectivity index (χ4v) is 3.35. The quantitative estimate of drug-likeness (QED) is 0.637. The van der Waals surface area contributed by atoms with Gasteiger partial charge in [-0.2, -0.15) is 0 Å². The van der Waals surface area contributed by atoms with E-state index in [9.17, 15) is 0 Å². The summed E-state index contributed by atoms with van der Waals surface area (Å²) in [5.41, 5.74) is 2.90. The lowest BCUT2D eigenvalue weighted by Crippen LogP contribution is -2.33. The summed E-state index contributed by atoms with van der Waals surface area (Å²) >= 11 is 0. The summed E-state index contributed by atoms with van der Waals surface area (Å²) in [6, 6.07) is 20.1. The molecule has 0 atom stereocenters. The van der Waals surface area contributed by atoms with Crippen molar-refractivity contribution >= 4 is 0 Å². The summed E-state index contributed by atoms with van der Waals surface area (Å²) in [6.45, 7) is 4.16. The molecule has 2 aromatic carbocycles. The maximum atomic E-state index is 5.89. The summed E-state index contributed by atoms with van der Waals surface area (Å²) in [6.07, 6.45) is 4.00. The fourth-order valence-electron chi connectivity index (χ4n) is 3.35. The Morgan fingerprint density at radius 3 is 2.42 bits per heavy atom. The van der Waals surface area contributed by atoms with Gasteiger partial charge in [-0.05, 0) is 50.2 Å². The number of likely N-dealkylation sites (tertiary alicyclic amines) is 1. The Bertz CT molecular complexity index is 806. The molecule has 3 aromatic rings. The summed E-state index contributed by atoms with van der Waals surface area (Å²) in [7, 11) is 0. The Labute approximate surface area is 154 Å². The maximum absolute atomic E-state index is 5.89. The summed E-state index contributed by atoms with van der Waals surface area (Å²) < 4.78 is 11.4. The molecular formula is C22H24N2O2. The maximum Gasteiger partial charge on any atom is 0.167 e. The molecule has 2 heterocycles. The summed E-state index contributed by atoms with van der Waals surface area (Å²) in [4.78, 5) is 2.48. The molecule has 1 aliphatic rings. The van der Waals surface area contributed by atoms with E-state index in [-0.39, 0.29) is 0 Å². The van der Waals surface area contributed by atoms with Crippen molar-refractivity contribution in [2.45, 2.75) is 19.3 Å². The zero-order valence-electron chi connectivity index (χ0n) is 14.9. The van der Waals surface area contributed by atoms with Gasteiger partial charge < -0.3 is 9.26 Å². The van der Waals surface area contributed by atoms with Crippen molar-refractivity contribution < 1.29 is 9.26 Å². The minimum absolute atomic E-state index is 0.738. The van der Waals surface area contributed by atoms with E-state index in [0.717, 1.165) is 41.5 Å². The first-order valence-electron chi connectivity index (χ1n) is 9.36. The van der Waals surface area contributed by atoms with Crippen LogP contribution in [0, 0.1) is 0 Å². The normalized spacial score (nSPS) is 15.1. The van der Waals surface area contributed by atoms with E-state index in [1.165, 1.54) is 32.4 Å². The van der Waals surface area contributed by atoms with Gasteiger partial charge in [-0.15, -0.1) is 0 Å². The Hall–Kier alpha value is -2.59. The molecule has 4 nitrogen and oxygen atoms in total. The van der Waals surface area contributed by atoms with Gasteiger partial charge in [-0.3, -0.25) is 4.90 Å². The van der Waals surface area contributed by atoms with Crippen molar-refractivity contribution in [1.82, 2.24) is 10.1 Å².